The lowest BCUT2D eigenvalue weighted by molar-refractivity contribution is -0.161. The first-order valence-corrected chi connectivity index (χ1v) is 13.8. The monoisotopic (exact) mass is 472 g/mol. The van der Waals surface area contributed by atoms with Gasteiger partial charge in [-0.1, -0.05) is 52.0 Å². The van der Waals surface area contributed by atoms with Gasteiger partial charge in [-0.15, -0.1) is 0 Å². The summed E-state index contributed by atoms with van der Waals surface area (Å²) in [6, 6.07) is 0. The van der Waals surface area contributed by atoms with Crippen LogP contribution in [0.2, 0.25) is 0 Å². The quantitative estimate of drug-likeness (QED) is 0.234. The van der Waals surface area contributed by atoms with Crippen molar-refractivity contribution in [1.82, 2.24) is 0 Å². The number of carbonyl (C=O) groups excluding carboxylic acids is 3. The maximum absolute atomic E-state index is 12.9. The van der Waals surface area contributed by atoms with Gasteiger partial charge in [0.2, 0.25) is 0 Å². The average molecular weight is 473 g/mol. The first-order chi connectivity index (χ1) is 16.2. The Morgan fingerprint density at radius 2 is 1.68 bits per heavy atom. The van der Waals surface area contributed by atoms with Gasteiger partial charge in [-0.25, -0.2) is 0 Å². The molecule has 0 aromatic rings. The highest BCUT2D eigenvalue weighted by atomic mass is 16.5. The summed E-state index contributed by atoms with van der Waals surface area (Å²) in [5.74, 6) is 0.944. The van der Waals surface area contributed by atoms with E-state index in [1.54, 1.807) is 0 Å². The zero-order valence-corrected chi connectivity index (χ0v) is 21.7. The molecule has 0 saturated heterocycles. The first kappa shape index (κ1) is 25.4. The predicted molar refractivity (Wildman–Crippen MR) is 131 cm³/mol. The molecule has 0 spiro atoms. The lowest BCUT2D eigenvalue weighted by Crippen LogP contribution is -2.55. The van der Waals surface area contributed by atoms with Gasteiger partial charge >= 0.3 is 11.9 Å². The van der Waals surface area contributed by atoms with E-state index in [2.05, 4.69) is 26.8 Å². The molecule has 4 aliphatic carbocycles. The van der Waals surface area contributed by atoms with Crippen LogP contribution in [0.4, 0.5) is 0 Å². The highest BCUT2D eigenvalue weighted by molar-refractivity contribution is 5.87. The second-order valence-electron chi connectivity index (χ2n) is 11.9. The van der Waals surface area contributed by atoms with Crippen molar-refractivity contribution in [2.45, 2.75) is 123 Å². The van der Waals surface area contributed by atoms with Crippen LogP contribution in [0, 0.1) is 28.6 Å². The van der Waals surface area contributed by atoms with Crippen molar-refractivity contribution in [3.8, 4) is 0 Å². The van der Waals surface area contributed by atoms with Crippen LogP contribution in [0.1, 0.15) is 111 Å². The molecule has 4 rings (SSSR count). The molecule has 0 N–H and O–H groups in total. The molecular formula is C29H44O5. The predicted octanol–water partition coefficient (Wildman–Crippen LogP) is 6.33. The smallest absolute Gasteiger partial charge is 0.306 e. The largest absolute Gasteiger partial charge is 0.462 e. The van der Waals surface area contributed by atoms with Crippen LogP contribution >= 0.6 is 0 Å². The highest BCUT2D eigenvalue weighted by Gasteiger charge is 2.61. The summed E-state index contributed by atoms with van der Waals surface area (Å²) in [6.45, 7) is 8.20. The van der Waals surface area contributed by atoms with Crippen molar-refractivity contribution < 1.29 is 23.9 Å². The Labute approximate surface area is 205 Å². The van der Waals surface area contributed by atoms with Crippen LogP contribution in [0.5, 0.6) is 0 Å². The normalized spacial score (nSPS) is 38.9. The van der Waals surface area contributed by atoms with Gasteiger partial charge in [-0.05, 0) is 61.9 Å². The summed E-state index contributed by atoms with van der Waals surface area (Å²) in [5, 5.41) is 0. The molecule has 3 fully saturated rings. The molecule has 4 unspecified atom stereocenters. The van der Waals surface area contributed by atoms with Gasteiger partial charge < -0.3 is 9.47 Å². The van der Waals surface area contributed by atoms with Crippen LogP contribution in [0.15, 0.2) is 11.6 Å². The molecule has 7 atom stereocenters. The number of Topliss-reactive ketones (excluding diaryl/α,β-unsaturated/α-hetero) is 1. The van der Waals surface area contributed by atoms with E-state index >= 15 is 0 Å². The lowest BCUT2D eigenvalue weighted by Gasteiger charge is -2.58. The molecule has 5 heteroatoms. The van der Waals surface area contributed by atoms with E-state index in [9.17, 15) is 14.4 Å². The van der Waals surface area contributed by atoms with Crippen molar-refractivity contribution in [2.24, 2.45) is 28.6 Å². The fourth-order valence-corrected chi connectivity index (χ4v) is 7.89. The summed E-state index contributed by atoms with van der Waals surface area (Å²) in [4.78, 5) is 37.4. The molecule has 0 aromatic heterocycles. The summed E-state index contributed by atoms with van der Waals surface area (Å²) >= 11 is 0. The Morgan fingerprint density at radius 1 is 0.971 bits per heavy atom. The second kappa shape index (κ2) is 10.1. The number of esters is 2. The standard InChI is InChI=1S/C29H44O5/c1-5-6-7-8-9-10-26(32)34-24-18-20-17-21(33-19(2)30)13-15-28(20,3)23-14-16-29(4)22(27(23)24)11-12-25(29)31/h18,21-24,27H,5-17H2,1-4H3/t21-,22?,23?,24?,27?,28-,29-/m0/s1. The van der Waals surface area contributed by atoms with Gasteiger partial charge in [0.15, 0.2) is 0 Å². The minimum Gasteiger partial charge on any atom is -0.462 e. The third kappa shape index (κ3) is 4.73. The molecule has 34 heavy (non-hydrogen) atoms. The Balaban J connectivity index is 1.57. The molecule has 190 valence electrons. The maximum Gasteiger partial charge on any atom is 0.306 e. The Bertz CT molecular complexity index is 830. The van der Waals surface area contributed by atoms with E-state index in [0.29, 0.717) is 24.5 Å². The van der Waals surface area contributed by atoms with E-state index in [-0.39, 0.29) is 46.8 Å². The molecule has 3 saturated carbocycles. The molecule has 0 radical (unpaired) electrons. The van der Waals surface area contributed by atoms with Gasteiger partial charge in [0.25, 0.3) is 0 Å². The van der Waals surface area contributed by atoms with Gasteiger partial charge in [0.1, 0.15) is 18.0 Å². The summed E-state index contributed by atoms with van der Waals surface area (Å²) < 4.78 is 11.8. The number of fused-ring (bicyclic) bond motifs is 5. The zero-order valence-electron chi connectivity index (χ0n) is 21.7. The number of unbranched alkanes of at least 4 members (excludes halogenated alkanes) is 4. The van der Waals surface area contributed by atoms with Crippen molar-refractivity contribution >= 4 is 17.7 Å². The molecule has 0 bridgehead atoms. The Hall–Kier alpha value is -1.65. The van der Waals surface area contributed by atoms with E-state index in [1.165, 1.54) is 31.8 Å². The number of ether oxygens (including phenoxy) is 2. The van der Waals surface area contributed by atoms with E-state index < -0.39 is 0 Å². The molecular weight excluding hydrogens is 428 g/mol. The van der Waals surface area contributed by atoms with Crippen LogP contribution in [0.3, 0.4) is 0 Å². The van der Waals surface area contributed by atoms with Crippen LogP contribution in [-0.2, 0) is 23.9 Å². The number of hydrogen-bond acceptors (Lipinski definition) is 5. The van der Waals surface area contributed by atoms with Gasteiger partial charge in [-0.3, -0.25) is 14.4 Å². The van der Waals surface area contributed by atoms with E-state index in [0.717, 1.165) is 51.4 Å². The highest BCUT2D eigenvalue weighted by Crippen LogP contribution is 2.64. The third-order valence-electron chi connectivity index (χ3n) is 9.86. The molecule has 0 amide bonds. The molecule has 0 aliphatic heterocycles. The van der Waals surface area contributed by atoms with E-state index in [4.69, 9.17) is 9.47 Å². The van der Waals surface area contributed by atoms with Crippen molar-refractivity contribution in [2.75, 3.05) is 0 Å². The number of carbonyl (C=O) groups is 3. The van der Waals surface area contributed by atoms with Gasteiger partial charge in [0.05, 0.1) is 0 Å². The van der Waals surface area contributed by atoms with Gasteiger partial charge in [-0.2, -0.15) is 0 Å². The van der Waals surface area contributed by atoms with Crippen molar-refractivity contribution in [3.05, 3.63) is 11.6 Å². The number of ketones is 1. The Kier molecular flexibility index (Phi) is 7.59. The summed E-state index contributed by atoms with van der Waals surface area (Å²) in [7, 11) is 0. The summed E-state index contributed by atoms with van der Waals surface area (Å²) in [6.07, 6.45) is 13.9. The number of rotatable bonds is 8. The first-order valence-electron chi connectivity index (χ1n) is 13.8. The topological polar surface area (TPSA) is 69.7 Å². The lowest BCUT2D eigenvalue weighted by atomic mass is 9.47. The molecule has 4 aliphatic rings. The molecule has 0 heterocycles. The Morgan fingerprint density at radius 3 is 2.41 bits per heavy atom. The fourth-order valence-electron chi connectivity index (χ4n) is 7.89. The van der Waals surface area contributed by atoms with E-state index in [1.807, 2.05) is 0 Å². The molecule has 5 nitrogen and oxygen atoms in total. The zero-order chi connectivity index (χ0) is 24.5. The minimum atomic E-state index is -0.275. The summed E-state index contributed by atoms with van der Waals surface area (Å²) in [5.41, 5.74) is 1.04. The van der Waals surface area contributed by atoms with Crippen molar-refractivity contribution in [1.29, 1.82) is 0 Å². The van der Waals surface area contributed by atoms with Crippen molar-refractivity contribution in [3.63, 3.8) is 0 Å². The number of hydrogen-bond donors (Lipinski definition) is 0. The maximum atomic E-state index is 12.9. The van der Waals surface area contributed by atoms with Crippen LogP contribution in [0.25, 0.3) is 0 Å². The van der Waals surface area contributed by atoms with Crippen LogP contribution in [-0.4, -0.2) is 29.9 Å². The minimum absolute atomic E-state index is 0.0251. The van der Waals surface area contributed by atoms with Crippen LogP contribution < -0.4 is 0 Å². The molecule has 0 aromatic carbocycles. The third-order valence-corrected chi connectivity index (χ3v) is 9.86. The second-order valence-corrected chi connectivity index (χ2v) is 11.9. The average Bonchev–Trinajstić information content (AvgIpc) is 3.08. The fraction of sp³-hybridized carbons (Fsp3) is 0.828. The van der Waals surface area contributed by atoms with Gasteiger partial charge in [0, 0.05) is 37.5 Å². The SMILES string of the molecule is CCCCCCCC(=O)OC1C=C2C[C@@H](OC(C)=O)CC[C@]2(C)C2CC[C@]3(C)C(=O)CCC3C12.